The van der Waals surface area contributed by atoms with Crippen molar-refractivity contribution in [2.45, 2.75) is 0 Å². The summed E-state index contributed by atoms with van der Waals surface area (Å²) in [6.45, 7) is 0. The molecule has 0 spiro atoms. The first-order valence-corrected chi connectivity index (χ1v) is 4.26. The Labute approximate surface area is 97.9 Å². The number of nitrogens with two attached hydrogens (primary N) is 1. The molecular weight excluding hydrogens is 261 g/mol. The van der Waals surface area contributed by atoms with Gasteiger partial charge >= 0.3 is 19.2 Å². The largest absolute Gasteiger partial charge is 0.673 e. The van der Waals surface area contributed by atoms with Crippen LogP contribution in [0, 0.1) is 0 Å². The first-order valence-electron chi connectivity index (χ1n) is 4.26. The number of hydrogen-bond acceptors (Lipinski definition) is 3. The van der Waals surface area contributed by atoms with E-state index < -0.39 is 19.2 Å². The predicted molar refractivity (Wildman–Crippen MR) is 55.0 cm³/mol. The second kappa shape index (κ2) is 5.89. The highest BCUT2D eigenvalue weighted by Gasteiger charge is 2.20. The minimum atomic E-state index is -6.00. The first kappa shape index (κ1) is 15.7. The summed E-state index contributed by atoms with van der Waals surface area (Å²) in [5, 5.41) is 17.1. The summed E-state index contributed by atoms with van der Waals surface area (Å²) in [7, 11) is -6.00. The number of carbonyl (C=O) groups is 2. The van der Waals surface area contributed by atoms with E-state index in [1.54, 1.807) is 0 Å². The van der Waals surface area contributed by atoms with E-state index in [4.69, 9.17) is 15.9 Å². The van der Waals surface area contributed by atoms with Crippen LogP contribution in [0.3, 0.4) is 0 Å². The summed E-state index contributed by atoms with van der Waals surface area (Å²) in [6, 6.07) is 3.48. The lowest BCUT2D eigenvalue weighted by molar-refractivity contribution is 0.0682. The fourth-order valence-corrected chi connectivity index (χ4v) is 0.891. The van der Waals surface area contributed by atoms with E-state index in [2.05, 4.69) is 0 Å². The summed E-state index contributed by atoms with van der Waals surface area (Å²) in [5.74, 6) is -2.31. The van der Waals surface area contributed by atoms with Crippen molar-refractivity contribution in [2.75, 3.05) is 5.73 Å². The number of aromatic carboxylic acids is 2. The average molecular weight is 268 g/mol. The predicted octanol–water partition coefficient (Wildman–Crippen LogP) is 1.97. The SMILES string of the molecule is F[B-](F)(F)F.Nc1cc(C(=O)O)ccc1C(=O)O. The van der Waals surface area contributed by atoms with Gasteiger partial charge in [-0.25, -0.2) is 9.59 Å². The Bertz CT molecular complexity index is 457. The van der Waals surface area contributed by atoms with Crippen molar-refractivity contribution in [3.05, 3.63) is 29.3 Å². The molecule has 0 bridgehead atoms. The molecule has 1 rings (SSSR count). The van der Waals surface area contributed by atoms with Crippen LogP contribution in [0.25, 0.3) is 0 Å². The molecule has 0 aliphatic carbocycles. The van der Waals surface area contributed by atoms with Gasteiger partial charge in [-0.05, 0) is 18.2 Å². The van der Waals surface area contributed by atoms with E-state index in [-0.39, 0.29) is 16.8 Å². The fourth-order valence-electron chi connectivity index (χ4n) is 0.891. The van der Waals surface area contributed by atoms with Crippen molar-refractivity contribution in [3.8, 4) is 0 Å². The number of hydrogen-bond donors (Lipinski definition) is 3. The summed E-state index contributed by atoms with van der Waals surface area (Å²) in [4.78, 5) is 20.9. The van der Waals surface area contributed by atoms with E-state index in [0.717, 1.165) is 6.07 Å². The van der Waals surface area contributed by atoms with Crippen molar-refractivity contribution in [3.63, 3.8) is 0 Å². The van der Waals surface area contributed by atoms with Crippen molar-refractivity contribution in [2.24, 2.45) is 0 Å². The van der Waals surface area contributed by atoms with Crippen LogP contribution in [-0.4, -0.2) is 29.4 Å². The van der Waals surface area contributed by atoms with Crippen molar-refractivity contribution in [1.82, 2.24) is 0 Å². The number of carboxylic acid groups (broad SMARTS) is 2. The molecule has 10 heteroatoms. The lowest BCUT2D eigenvalue weighted by Gasteiger charge is -2.00. The van der Waals surface area contributed by atoms with Crippen molar-refractivity contribution >= 4 is 24.9 Å². The van der Waals surface area contributed by atoms with Gasteiger partial charge in [0.25, 0.3) is 0 Å². The molecule has 0 saturated carbocycles. The quantitative estimate of drug-likeness (QED) is 0.432. The zero-order valence-electron chi connectivity index (χ0n) is 8.61. The maximum atomic E-state index is 10.5. The van der Waals surface area contributed by atoms with Crippen LogP contribution in [0.2, 0.25) is 0 Å². The summed E-state index contributed by atoms with van der Waals surface area (Å²) in [6.07, 6.45) is 0. The normalized spacial score (nSPS) is 10.2. The van der Waals surface area contributed by atoms with Crippen LogP contribution in [0.15, 0.2) is 18.2 Å². The molecule has 0 amide bonds. The highest BCUT2D eigenvalue weighted by molar-refractivity contribution is 6.50. The number of rotatable bonds is 2. The Balaban J connectivity index is 0.000000494. The molecule has 18 heavy (non-hydrogen) atoms. The Hall–Kier alpha value is -2.26. The van der Waals surface area contributed by atoms with Gasteiger partial charge in [-0.1, -0.05) is 0 Å². The van der Waals surface area contributed by atoms with E-state index in [0.29, 0.717) is 0 Å². The van der Waals surface area contributed by atoms with E-state index in [1.165, 1.54) is 12.1 Å². The first-order chi connectivity index (χ1) is 8.02. The van der Waals surface area contributed by atoms with Gasteiger partial charge in [-0.3, -0.25) is 0 Å². The summed E-state index contributed by atoms with van der Waals surface area (Å²) >= 11 is 0. The maximum Gasteiger partial charge on any atom is 0.673 e. The third-order valence-corrected chi connectivity index (χ3v) is 1.53. The second-order valence-corrected chi connectivity index (χ2v) is 2.91. The highest BCUT2D eigenvalue weighted by Crippen LogP contribution is 2.14. The van der Waals surface area contributed by atoms with E-state index in [1.807, 2.05) is 0 Å². The summed E-state index contributed by atoms with van der Waals surface area (Å²) in [5.41, 5.74) is 5.15. The molecule has 0 saturated heterocycles. The van der Waals surface area contributed by atoms with E-state index in [9.17, 15) is 26.9 Å². The monoisotopic (exact) mass is 268 g/mol. The van der Waals surface area contributed by atoms with Crippen LogP contribution >= 0.6 is 0 Å². The average Bonchev–Trinajstić information content (AvgIpc) is 2.13. The van der Waals surface area contributed by atoms with Crippen LogP contribution in [-0.2, 0) is 0 Å². The smallest absolute Gasteiger partial charge is 0.478 e. The number of halogens is 4. The highest BCUT2D eigenvalue weighted by atomic mass is 19.5. The molecule has 0 atom stereocenters. The molecule has 0 fully saturated rings. The van der Waals surface area contributed by atoms with E-state index >= 15 is 0 Å². The van der Waals surface area contributed by atoms with Crippen LogP contribution in [0.5, 0.6) is 0 Å². The topological polar surface area (TPSA) is 101 Å². The van der Waals surface area contributed by atoms with Gasteiger partial charge in [0.1, 0.15) is 0 Å². The molecule has 4 N–H and O–H groups in total. The third-order valence-electron chi connectivity index (χ3n) is 1.53. The number of carboxylic acids is 2. The Morgan fingerprint density at radius 1 is 1.06 bits per heavy atom. The number of benzene rings is 1. The summed E-state index contributed by atoms with van der Waals surface area (Å²) < 4.78 is 39.0. The van der Waals surface area contributed by atoms with Gasteiger partial charge in [0.2, 0.25) is 0 Å². The molecule has 0 unspecified atom stereocenters. The van der Waals surface area contributed by atoms with Crippen LogP contribution in [0.1, 0.15) is 20.7 Å². The van der Waals surface area contributed by atoms with Gasteiger partial charge in [0.15, 0.2) is 0 Å². The Kier molecular flexibility index (Phi) is 5.15. The molecule has 5 nitrogen and oxygen atoms in total. The fraction of sp³-hybridized carbons (Fsp3) is 0. The molecule has 100 valence electrons. The molecular formula is C8H7BF4NO4-. The lowest BCUT2D eigenvalue weighted by atomic mass is 10.1. The molecule has 0 aliphatic heterocycles. The third kappa shape index (κ3) is 6.35. The van der Waals surface area contributed by atoms with Gasteiger partial charge < -0.3 is 33.2 Å². The van der Waals surface area contributed by atoms with Crippen molar-refractivity contribution < 1.29 is 37.1 Å². The van der Waals surface area contributed by atoms with Crippen molar-refractivity contribution in [1.29, 1.82) is 0 Å². The minimum absolute atomic E-state index is 0.0255. The number of nitrogen functional groups attached to an aromatic ring is 1. The van der Waals surface area contributed by atoms with Crippen LogP contribution < -0.4 is 5.73 Å². The van der Waals surface area contributed by atoms with Gasteiger partial charge in [0.05, 0.1) is 11.1 Å². The zero-order valence-corrected chi connectivity index (χ0v) is 8.61. The molecule has 0 radical (unpaired) electrons. The standard InChI is InChI=1S/C8H7NO4.BF4/c9-6-3-4(7(10)11)1-2-5(6)8(12)13;2-1(3,4)5/h1-3H,9H2,(H,10,11)(H,12,13);/q;-1. The van der Waals surface area contributed by atoms with Gasteiger partial charge in [-0.15, -0.1) is 0 Å². The van der Waals surface area contributed by atoms with Gasteiger partial charge in [0, 0.05) is 5.69 Å². The second-order valence-electron chi connectivity index (χ2n) is 2.91. The maximum absolute atomic E-state index is 10.5. The molecule has 1 aromatic carbocycles. The van der Waals surface area contributed by atoms with Crippen LogP contribution in [0.4, 0.5) is 23.0 Å². The Morgan fingerprint density at radius 2 is 1.50 bits per heavy atom. The van der Waals surface area contributed by atoms with Gasteiger partial charge in [-0.2, -0.15) is 0 Å². The molecule has 0 heterocycles. The lowest BCUT2D eigenvalue weighted by Crippen LogP contribution is -2.05. The Morgan fingerprint density at radius 3 is 1.78 bits per heavy atom. The minimum Gasteiger partial charge on any atom is -0.478 e. The molecule has 0 aromatic heterocycles. The molecule has 1 aromatic rings. The number of anilines is 1. The zero-order chi connectivity index (χ0) is 14.5. The molecule has 0 aliphatic rings.